The number of ether oxygens (including phenoxy) is 1. The van der Waals surface area contributed by atoms with Gasteiger partial charge in [0.25, 0.3) is 11.8 Å². The molecule has 0 spiro atoms. The van der Waals surface area contributed by atoms with Crippen LogP contribution in [0.1, 0.15) is 23.6 Å². The van der Waals surface area contributed by atoms with Crippen LogP contribution in [0.15, 0.2) is 78.5 Å². The number of aryl methyl sites for hydroxylation is 2. The highest BCUT2D eigenvalue weighted by Crippen LogP contribution is 2.34. The largest absolute Gasteiger partial charge is 0.492 e. The number of anilines is 1. The van der Waals surface area contributed by atoms with Crippen LogP contribution in [0, 0.1) is 19.7 Å². The van der Waals surface area contributed by atoms with Crippen molar-refractivity contribution < 1.29 is 18.7 Å². The Bertz CT molecular complexity index is 1220. The zero-order valence-electron chi connectivity index (χ0n) is 19.5. The summed E-state index contributed by atoms with van der Waals surface area (Å²) in [6.07, 6.45) is 0. The number of likely N-dealkylation sites (N-methyl/N-ethyl adjacent to an activating group) is 1. The minimum absolute atomic E-state index is 0.102. The van der Waals surface area contributed by atoms with Gasteiger partial charge in [-0.3, -0.25) is 14.5 Å². The number of hydrogen-bond acceptors (Lipinski definition) is 4. The molecule has 1 aliphatic rings. The fourth-order valence-corrected chi connectivity index (χ4v) is 4.24. The first-order valence-electron chi connectivity index (χ1n) is 11.3. The van der Waals surface area contributed by atoms with E-state index in [1.807, 2.05) is 68.1 Å². The molecule has 1 heterocycles. The van der Waals surface area contributed by atoms with Crippen LogP contribution in [-0.2, 0) is 9.59 Å². The van der Waals surface area contributed by atoms with Gasteiger partial charge in [0.05, 0.1) is 12.1 Å². The minimum Gasteiger partial charge on any atom is -0.492 e. The fraction of sp³-hybridized carbons (Fsp3) is 0.214. The summed E-state index contributed by atoms with van der Waals surface area (Å²) in [5.41, 5.74) is 4.01. The van der Waals surface area contributed by atoms with Crippen LogP contribution >= 0.6 is 0 Å². The van der Waals surface area contributed by atoms with Crippen molar-refractivity contribution in [1.82, 2.24) is 4.90 Å². The maximum absolute atomic E-state index is 13.6. The molecule has 3 aromatic rings. The summed E-state index contributed by atoms with van der Waals surface area (Å²) in [4.78, 5) is 30.1. The number of carbonyl (C=O) groups excluding carboxylic acids is 2. The van der Waals surface area contributed by atoms with Gasteiger partial charge < -0.3 is 9.64 Å². The summed E-state index contributed by atoms with van der Waals surface area (Å²) in [5.74, 6) is -0.510. The molecule has 0 radical (unpaired) electrons. The SMILES string of the molecule is CCN(C1=C(c2ccc(F)cc2)C(=O)N(CCOc2cc(C)cc(C)c2)C1=O)c1ccccc1. The maximum atomic E-state index is 13.6. The molecule has 0 saturated carbocycles. The highest BCUT2D eigenvalue weighted by Gasteiger charge is 2.41. The van der Waals surface area contributed by atoms with Crippen molar-refractivity contribution in [3.63, 3.8) is 0 Å². The van der Waals surface area contributed by atoms with Gasteiger partial charge in [-0.2, -0.15) is 0 Å². The normalized spacial score (nSPS) is 13.6. The number of amides is 2. The zero-order chi connectivity index (χ0) is 24.2. The van der Waals surface area contributed by atoms with Crippen molar-refractivity contribution >= 4 is 23.1 Å². The lowest BCUT2D eigenvalue weighted by atomic mass is 10.0. The van der Waals surface area contributed by atoms with E-state index in [0.29, 0.717) is 17.9 Å². The Morgan fingerprint density at radius 3 is 2.15 bits per heavy atom. The lowest BCUT2D eigenvalue weighted by molar-refractivity contribution is -0.137. The molecule has 2 amide bonds. The summed E-state index contributed by atoms with van der Waals surface area (Å²) in [6, 6.07) is 21.0. The van der Waals surface area contributed by atoms with Crippen LogP contribution in [0.4, 0.5) is 10.1 Å². The van der Waals surface area contributed by atoms with Crippen LogP contribution in [0.3, 0.4) is 0 Å². The van der Waals surface area contributed by atoms with E-state index in [-0.39, 0.29) is 30.3 Å². The molecule has 1 aliphatic heterocycles. The average Bonchev–Trinajstić information content (AvgIpc) is 3.05. The van der Waals surface area contributed by atoms with Crippen LogP contribution in [0.5, 0.6) is 5.75 Å². The van der Waals surface area contributed by atoms with E-state index in [1.165, 1.54) is 29.2 Å². The molecule has 174 valence electrons. The molecule has 0 saturated heterocycles. The first-order valence-corrected chi connectivity index (χ1v) is 11.3. The molecule has 5 nitrogen and oxygen atoms in total. The highest BCUT2D eigenvalue weighted by molar-refractivity contribution is 6.36. The number of benzene rings is 3. The number of carbonyl (C=O) groups is 2. The standard InChI is InChI=1S/C28H27FN2O3/c1-4-30(23-8-6-5-7-9-23)26-25(21-10-12-22(29)13-11-21)27(32)31(28(26)33)14-15-34-24-17-19(2)16-20(3)18-24/h5-13,16-18H,4,14-15H2,1-3H3. The van der Waals surface area contributed by atoms with Gasteiger partial charge in [-0.1, -0.05) is 36.4 Å². The molecular formula is C28H27FN2O3. The third-order valence-corrected chi connectivity index (χ3v) is 5.71. The molecule has 4 rings (SSSR count). The maximum Gasteiger partial charge on any atom is 0.278 e. The number of halogens is 1. The number of imide groups is 1. The summed E-state index contributed by atoms with van der Waals surface area (Å²) >= 11 is 0. The molecule has 6 heteroatoms. The van der Waals surface area contributed by atoms with Crippen LogP contribution in [0.25, 0.3) is 5.57 Å². The Labute approximate surface area is 199 Å². The second kappa shape index (κ2) is 9.91. The van der Waals surface area contributed by atoms with Crippen LogP contribution in [0.2, 0.25) is 0 Å². The van der Waals surface area contributed by atoms with E-state index in [0.717, 1.165) is 16.8 Å². The van der Waals surface area contributed by atoms with Crippen molar-refractivity contribution in [2.24, 2.45) is 0 Å². The van der Waals surface area contributed by atoms with E-state index >= 15 is 0 Å². The first-order chi connectivity index (χ1) is 16.4. The van der Waals surface area contributed by atoms with Crippen molar-refractivity contribution in [3.05, 3.63) is 101 Å². The molecule has 0 fully saturated rings. The summed E-state index contributed by atoms with van der Waals surface area (Å²) < 4.78 is 19.5. The number of hydrogen-bond donors (Lipinski definition) is 0. The first kappa shape index (κ1) is 23.2. The van der Waals surface area contributed by atoms with Crippen LogP contribution in [-0.4, -0.2) is 36.4 Å². The molecule has 34 heavy (non-hydrogen) atoms. The number of nitrogens with zero attached hydrogens (tertiary/aromatic N) is 2. The monoisotopic (exact) mass is 458 g/mol. The second-order valence-corrected chi connectivity index (χ2v) is 8.24. The summed E-state index contributed by atoms with van der Waals surface area (Å²) in [6.45, 7) is 6.65. The minimum atomic E-state index is -0.412. The van der Waals surface area contributed by atoms with Crippen molar-refractivity contribution in [2.75, 3.05) is 24.6 Å². The Kier molecular flexibility index (Phi) is 6.77. The Morgan fingerprint density at radius 1 is 0.882 bits per heavy atom. The number of rotatable bonds is 8. The molecule has 0 aliphatic carbocycles. The average molecular weight is 459 g/mol. The van der Waals surface area contributed by atoms with Crippen molar-refractivity contribution in [1.29, 1.82) is 0 Å². The van der Waals surface area contributed by atoms with E-state index in [4.69, 9.17) is 4.74 Å². The third kappa shape index (κ3) is 4.71. The Morgan fingerprint density at radius 2 is 1.53 bits per heavy atom. The number of para-hydroxylation sites is 1. The van der Waals surface area contributed by atoms with Crippen molar-refractivity contribution in [2.45, 2.75) is 20.8 Å². The van der Waals surface area contributed by atoms with Gasteiger partial charge in [-0.25, -0.2) is 4.39 Å². The van der Waals surface area contributed by atoms with Gasteiger partial charge in [-0.05, 0) is 73.9 Å². The lowest BCUT2D eigenvalue weighted by Crippen LogP contribution is -2.37. The quantitative estimate of drug-likeness (QED) is 0.439. The van der Waals surface area contributed by atoms with Gasteiger partial charge in [0.15, 0.2) is 0 Å². The van der Waals surface area contributed by atoms with Gasteiger partial charge >= 0.3 is 0 Å². The molecular weight excluding hydrogens is 431 g/mol. The molecule has 0 bridgehead atoms. The van der Waals surface area contributed by atoms with E-state index in [2.05, 4.69) is 6.07 Å². The summed E-state index contributed by atoms with van der Waals surface area (Å²) in [7, 11) is 0. The third-order valence-electron chi connectivity index (χ3n) is 5.71. The smallest absolute Gasteiger partial charge is 0.278 e. The Balaban J connectivity index is 1.65. The van der Waals surface area contributed by atoms with E-state index in [9.17, 15) is 14.0 Å². The van der Waals surface area contributed by atoms with Crippen molar-refractivity contribution in [3.8, 4) is 5.75 Å². The predicted octanol–water partition coefficient (Wildman–Crippen LogP) is 5.13. The van der Waals surface area contributed by atoms with Gasteiger partial charge in [0, 0.05) is 12.2 Å². The van der Waals surface area contributed by atoms with Gasteiger partial charge in [-0.15, -0.1) is 0 Å². The Hall–Kier alpha value is -3.93. The molecule has 0 aromatic heterocycles. The van der Waals surface area contributed by atoms with Gasteiger partial charge in [0.1, 0.15) is 23.9 Å². The molecule has 0 unspecified atom stereocenters. The molecule has 3 aromatic carbocycles. The zero-order valence-corrected chi connectivity index (χ0v) is 19.5. The van der Waals surface area contributed by atoms with E-state index in [1.54, 1.807) is 0 Å². The highest BCUT2D eigenvalue weighted by atomic mass is 19.1. The second-order valence-electron chi connectivity index (χ2n) is 8.24. The summed E-state index contributed by atoms with van der Waals surface area (Å²) in [5, 5.41) is 0. The molecule has 0 atom stereocenters. The van der Waals surface area contributed by atoms with Crippen LogP contribution < -0.4 is 9.64 Å². The fourth-order valence-electron chi connectivity index (χ4n) is 4.24. The molecule has 0 N–H and O–H groups in total. The lowest BCUT2D eigenvalue weighted by Gasteiger charge is -2.25. The van der Waals surface area contributed by atoms with E-state index < -0.39 is 11.7 Å². The topological polar surface area (TPSA) is 49.9 Å². The van der Waals surface area contributed by atoms with Gasteiger partial charge in [0.2, 0.25) is 0 Å². The predicted molar refractivity (Wildman–Crippen MR) is 131 cm³/mol.